The molecule has 0 radical (unpaired) electrons. The number of aromatic nitrogens is 1. The van der Waals surface area contributed by atoms with Crippen molar-refractivity contribution >= 4 is 11.8 Å². The second-order valence-electron chi connectivity index (χ2n) is 9.06. The number of nitrogens with zero attached hydrogens (tertiary/aromatic N) is 1. The molecule has 0 aliphatic carbocycles. The van der Waals surface area contributed by atoms with E-state index in [0.29, 0.717) is 17.1 Å². The lowest BCUT2D eigenvalue weighted by Gasteiger charge is -2.25. The summed E-state index contributed by atoms with van der Waals surface area (Å²) in [6, 6.07) is 24.3. The van der Waals surface area contributed by atoms with E-state index in [4.69, 9.17) is 14.0 Å². The smallest absolute Gasteiger partial charge is 0.412 e. The number of fused-ring (bicyclic) bond motifs is 1. The molecular weight excluding hydrogens is 452 g/mol. The molecule has 2 atom stereocenters. The minimum absolute atomic E-state index is 0.188. The number of rotatable bonds is 6. The Kier molecular flexibility index (Phi) is 6.87. The molecule has 6 nitrogen and oxygen atoms in total. The van der Waals surface area contributed by atoms with Gasteiger partial charge in [0.25, 0.3) is 0 Å². The van der Waals surface area contributed by atoms with Crippen LogP contribution in [0.2, 0.25) is 0 Å². The molecule has 5 rings (SSSR count). The first-order chi connectivity index (χ1) is 17.5. The van der Waals surface area contributed by atoms with Crippen LogP contribution in [-0.2, 0) is 15.9 Å². The number of carbonyl (C=O) groups is 1. The molecule has 1 N–H and O–H groups in total. The number of amides is 1. The highest BCUT2D eigenvalue weighted by molar-refractivity contribution is 5.91. The van der Waals surface area contributed by atoms with Crippen molar-refractivity contribution in [2.45, 2.75) is 45.8 Å². The van der Waals surface area contributed by atoms with E-state index in [2.05, 4.69) is 47.7 Å². The van der Waals surface area contributed by atoms with Crippen LogP contribution < -0.4 is 5.32 Å². The number of aryl methyl sites for hydroxylation is 1. The van der Waals surface area contributed by atoms with E-state index in [9.17, 15) is 4.79 Å². The van der Waals surface area contributed by atoms with Gasteiger partial charge in [0.05, 0.1) is 12.7 Å². The van der Waals surface area contributed by atoms with E-state index in [-0.39, 0.29) is 12.2 Å². The molecule has 1 amide bonds. The molecule has 1 aliphatic rings. The number of benzene rings is 3. The van der Waals surface area contributed by atoms with Crippen LogP contribution in [0.25, 0.3) is 22.5 Å². The van der Waals surface area contributed by atoms with E-state index in [1.165, 1.54) is 16.7 Å². The third kappa shape index (κ3) is 4.90. The van der Waals surface area contributed by atoms with Gasteiger partial charge in [-0.15, -0.1) is 0 Å². The zero-order valence-corrected chi connectivity index (χ0v) is 20.8. The monoisotopic (exact) mass is 482 g/mol. The first-order valence-electron chi connectivity index (χ1n) is 12.4. The third-order valence-electron chi connectivity index (χ3n) is 6.67. The van der Waals surface area contributed by atoms with Gasteiger partial charge in [-0.1, -0.05) is 84.9 Å². The molecular formula is C30H30N2O4. The highest BCUT2D eigenvalue weighted by Crippen LogP contribution is 2.35. The fourth-order valence-electron chi connectivity index (χ4n) is 4.67. The van der Waals surface area contributed by atoms with Crippen molar-refractivity contribution < 1.29 is 18.8 Å². The van der Waals surface area contributed by atoms with Crippen molar-refractivity contribution in [2.75, 3.05) is 11.9 Å². The molecule has 0 fully saturated rings. The van der Waals surface area contributed by atoms with Crippen LogP contribution in [0, 0.1) is 6.92 Å². The van der Waals surface area contributed by atoms with Crippen LogP contribution >= 0.6 is 0 Å². The Morgan fingerprint density at radius 2 is 1.78 bits per heavy atom. The van der Waals surface area contributed by atoms with E-state index < -0.39 is 6.09 Å². The number of carbonyl (C=O) groups excluding carboxylic acids is 1. The minimum Gasteiger partial charge on any atom is -0.441 e. The van der Waals surface area contributed by atoms with Crippen LogP contribution in [-0.4, -0.2) is 17.9 Å². The summed E-state index contributed by atoms with van der Waals surface area (Å²) in [5, 5.41) is 6.89. The van der Waals surface area contributed by atoms with Crippen molar-refractivity contribution in [3.63, 3.8) is 0 Å². The van der Waals surface area contributed by atoms with Crippen molar-refractivity contribution in [1.82, 2.24) is 5.16 Å². The van der Waals surface area contributed by atoms with E-state index in [1.807, 2.05) is 49.4 Å². The van der Waals surface area contributed by atoms with E-state index >= 15 is 0 Å². The summed E-state index contributed by atoms with van der Waals surface area (Å²) in [6.45, 7) is 6.55. The second kappa shape index (κ2) is 10.4. The van der Waals surface area contributed by atoms with Gasteiger partial charge >= 0.3 is 6.09 Å². The first-order valence-corrected chi connectivity index (χ1v) is 12.4. The van der Waals surface area contributed by atoms with E-state index in [1.54, 1.807) is 6.92 Å². The summed E-state index contributed by atoms with van der Waals surface area (Å²) >= 11 is 0. The Labute approximate surface area is 211 Å². The quantitative estimate of drug-likeness (QED) is 0.305. The lowest BCUT2D eigenvalue weighted by Crippen LogP contribution is -2.16. The molecule has 1 unspecified atom stereocenters. The van der Waals surface area contributed by atoms with Gasteiger partial charge in [-0.2, -0.15) is 0 Å². The molecule has 0 saturated heterocycles. The van der Waals surface area contributed by atoms with Crippen molar-refractivity contribution in [2.24, 2.45) is 0 Å². The maximum Gasteiger partial charge on any atom is 0.412 e. The van der Waals surface area contributed by atoms with Crippen LogP contribution in [0.15, 0.2) is 77.3 Å². The molecule has 0 spiro atoms. The molecule has 2 heterocycles. The van der Waals surface area contributed by atoms with Gasteiger partial charge in [0.2, 0.25) is 0 Å². The average Bonchev–Trinajstić information content (AvgIpc) is 3.28. The topological polar surface area (TPSA) is 73.6 Å². The normalized spacial score (nSPS) is 15.7. The number of hydrogen-bond acceptors (Lipinski definition) is 5. The summed E-state index contributed by atoms with van der Waals surface area (Å²) in [5.41, 5.74) is 7.77. The predicted molar refractivity (Wildman–Crippen MR) is 140 cm³/mol. The SMILES string of the molecule is CCC1OCCc2cc(-c3ccc(-c4onc(C)c4NC(=O)O[C@H](C)c4ccccc4)cc3)ccc21. The Bertz CT molecular complexity index is 1350. The largest absolute Gasteiger partial charge is 0.441 e. The molecule has 1 aromatic heterocycles. The van der Waals surface area contributed by atoms with Gasteiger partial charge in [-0.05, 0) is 54.5 Å². The summed E-state index contributed by atoms with van der Waals surface area (Å²) in [4.78, 5) is 12.6. The summed E-state index contributed by atoms with van der Waals surface area (Å²) in [7, 11) is 0. The fraction of sp³-hybridized carbons (Fsp3) is 0.267. The molecule has 36 heavy (non-hydrogen) atoms. The zero-order chi connectivity index (χ0) is 25.1. The van der Waals surface area contributed by atoms with Gasteiger partial charge in [0.15, 0.2) is 5.76 Å². The van der Waals surface area contributed by atoms with Gasteiger partial charge in [0, 0.05) is 5.56 Å². The molecule has 6 heteroatoms. The summed E-state index contributed by atoms with van der Waals surface area (Å²) in [5.74, 6) is 0.497. The number of ether oxygens (including phenoxy) is 2. The number of nitrogens with one attached hydrogen (secondary N) is 1. The van der Waals surface area contributed by atoms with Crippen LogP contribution in [0.3, 0.4) is 0 Å². The lowest BCUT2D eigenvalue weighted by molar-refractivity contribution is 0.0399. The van der Waals surface area contributed by atoms with Gasteiger partial charge in [-0.25, -0.2) is 4.79 Å². The molecule has 1 aliphatic heterocycles. The average molecular weight is 483 g/mol. The van der Waals surface area contributed by atoms with E-state index in [0.717, 1.165) is 36.1 Å². The van der Waals surface area contributed by atoms with Crippen LogP contribution in [0.5, 0.6) is 0 Å². The fourth-order valence-corrected chi connectivity index (χ4v) is 4.67. The van der Waals surface area contributed by atoms with Gasteiger partial charge in [0.1, 0.15) is 17.5 Å². The second-order valence-corrected chi connectivity index (χ2v) is 9.06. The molecule has 0 bridgehead atoms. The van der Waals surface area contributed by atoms with Crippen LogP contribution in [0.4, 0.5) is 10.5 Å². The highest BCUT2D eigenvalue weighted by atomic mass is 16.6. The molecule has 0 saturated carbocycles. The van der Waals surface area contributed by atoms with Gasteiger partial charge in [-0.3, -0.25) is 5.32 Å². The summed E-state index contributed by atoms with van der Waals surface area (Å²) in [6.07, 6.45) is 1.16. The summed E-state index contributed by atoms with van der Waals surface area (Å²) < 4.78 is 17.0. The molecule has 4 aromatic rings. The molecule has 3 aromatic carbocycles. The first kappa shape index (κ1) is 23.8. The Morgan fingerprint density at radius 3 is 2.53 bits per heavy atom. The Morgan fingerprint density at radius 1 is 1.06 bits per heavy atom. The van der Waals surface area contributed by atoms with Crippen molar-refractivity contribution in [3.05, 3.63) is 95.2 Å². The van der Waals surface area contributed by atoms with Gasteiger partial charge < -0.3 is 14.0 Å². The minimum atomic E-state index is -0.557. The third-order valence-corrected chi connectivity index (χ3v) is 6.67. The zero-order valence-electron chi connectivity index (χ0n) is 20.8. The van der Waals surface area contributed by atoms with Crippen LogP contribution in [0.1, 0.15) is 54.9 Å². The maximum absolute atomic E-state index is 12.6. The lowest BCUT2D eigenvalue weighted by atomic mass is 9.92. The predicted octanol–water partition coefficient (Wildman–Crippen LogP) is 7.65. The van der Waals surface area contributed by atoms with Crippen molar-refractivity contribution in [1.29, 1.82) is 0 Å². The molecule has 184 valence electrons. The highest BCUT2D eigenvalue weighted by Gasteiger charge is 2.21. The Balaban J connectivity index is 1.33. The number of anilines is 1. The Hall–Kier alpha value is -3.90. The standard InChI is InChI=1S/C30H30N2O4/c1-4-27-26-15-14-24(18-25(26)16-17-34-27)22-10-12-23(13-11-22)29-28(19(2)32-36-29)31-30(33)35-20(3)21-8-6-5-7-9-21/h5-15,18,20,27H,4,16-17H2,1-3H3,(H,31,33)/t20-,27?/m1/s1. The van der Waals surface area contributed by atoms with Crippen molar-refractivity contribution in [3.8, 4) is 22.5 Å². The number of hydrogen-bond donors (Lipinski definition) is 1. The maximum atomic E-state index is 12.6.